The maximum absolute atomic E-state index is 12.6. The summed E-state index contributed by atoms with van der Waals surface area (Å²) in [7, 11) is 0. The molecule has 2 N–H and O–H groups in total. The molecule has 3 rings (SSSR count). The van der Waals surface area contributed by atoms with Gasteiger partial charge in [0, 0.05) is 24.0 Å². The summed E-state index contributed by atoms with van der Waals surface area (Å²) in [6, 6.07) is 8.07. The largest absolute Gasteiger partial charge is 0.369 e. The molecular formula is C17H19N3O2S. The molecule has 0 saturated carbocycles. The summed E-state index contributed by atoms with van der Waals surface area (Å²) in [5.41, 5.74) is 8.01. The number of carbonyl (C=O) groups is 2. The first-order valence-electron chi connectivity index (χ1n) is 7.66. The summed E-state index contributed by atoms with van der Waals surface area (Å²) in [5, 5.41) is 2.61. The molecule has 0 aliphatic carbocycles. The average molecular weight is 329 g/mol. The molecule has 2 amide bonds. The fourth-order valence-electron chi connectivity index (χ4n) is 2.76. The Labute approximate surface area is 139 Å². The molecule has 6 heteroatoms. The van der Waals surface area contributed by atoms with Crippen LogP contribution in [0.2, 0.25) is 0 Å². The van der Waals surface area contributed by atoms with Crippen LogP contribution in [0.5, 0.6) is 0 Å². The number of thiazole rings is 1. The van der Waals surface area contributed by atoms with Crippen LogP contribution in [0.3, 0.4) is 0 Å². The van der Waals surface area contributed by atoms with Crippen molar-refractivity contribution in [3.63, 3.8) is 0 Å². The zero-order valence-electron chi connectivity index (χ0n) is 13.0. The topological polar surface area (TPSA) is 76.3 Å². The van der Waals surface area contributed by atoms with Gasteiger partial charge in [0.25, 0.3) is 5.91 Å². The summed E-state index contributed by atoms with van der Waals surface area (Å²) >= 11 is 1.46. The van der Waals surface area contributed by atoms with Gasteiger partial charge in [-0.3, -0.25) is 9.59 Å². The van der Waals surface area contributed by atoms with Gasteiger partial charge in [0.15, 0.2) is 0 Å². The van der Waals surface area contributed by atoms with Crippen LogP contribution in [0, 0.1) is 12.8 Å². The Morgan fingerprint density at radius 3 is 2.74 bits per heavy atom. The van der Waals surface area contributed by atoms with Crippen LogP contribution in [0.1, 0.15) is 28.9 Å². The molecule has 1 aliphatic heterocycles. The highest BCUT2D eigenvalue weighted by atomic mass is 32.1. The number of nitrogens with two attached hydrogens (primary N) is 1. The molecule has 1 fully saturated rings. The molecule has 23 heavy (non-hydrogen) atoms. The van der Waals surface area contributed by atoms with Crippen molar-refractivity contribution in [2.24, 2.45) is 11.7 Å². The van der Waals surface area contributed by atoms with Crippen molar-refractivity contribution in [2.75, 3.05) is 13.1 Å². The summed E-state index contributed by atoms with van der Waals surface area (Å²) in [6.07, 6.45) is 1.55. The first-order valence-corrected chi connectivity index (χ1v) is 8.53. The maximum atomic E-state index is 12.6. The standard InChI is InChI=1S/C17H19N3O2S/c1-11-4-6-12(7-5-11)16-19-14(10-23-16)17(22)20-8-2-3-13(9-20)15(18)21/h4-7,10,13H,2-3,8-9H2,1H3,(H2,18,21). The van der Waals surface area contributed by atoms with E-state index in [2.05, 4.69) is 4.98 Å². The van der Waals surface area contributed by atoms with E-state index in [1.807, 2.05) is 31.2 Å². The minimum atomic E-state index is -0.332. The number of nitrogens with zero attached hydrogens (tertiary/aromatic N) is 2. The molecule has 120 valence electrons. The normalized spacial score (nSPS) is 18.0. The highest BCUT2D eigenvalue weighted by Crippen LogP contribution is 2.25. The van der Waals surface area contributed by atoms with E-state index in [1.165, 1.54) is 16.9 Å². The minimum Gasteiger partial charge on any atom is -0.369 e. The van der Waals surface area contributed by atoms with Crippen molar-refractivity contribution in [1.29, 1.82) is 0 Å². The number of carbonyl (C=O) groups excluding carboxylic acids is 2. The Kier molecular flexibility index (Phi) is 4.43. The Hall–Kier alpha value is -2.21. The number of primary amides is 1. The lowest BCUT2D eigenvalue weighted by atomic mass is 9.97. The van der Waals surface area contributed by atoms with E-state index in [4.69, 9.17) is 5.73 Å². The molecular weight excluding hydrogens is 310 g/mol. The highest BCUT2D eigenvalue weighted by molar-refractivity contribution is 7.13. The lowest BCUT2D eigenvalue weighted by molar-refractivity contribution is -0.123. The molecule has 2 heterocycles. The fourth-order valence-corrected chi connectivity index (χ4v) is 3.56. The predicted molar refractivity (Wildman–Crippen MR) is 90.1 cm³/mol. The first kappa shape index (κ1) is 15.7. The maximum Gasteiger partial charge on any atom is 0.273 e. The summed E-state index contributed by atoms with van der Waals surface area (Å²) < 4.78 is 0. The quantitative estimate of drug-likeness (QED) is 0.940. The number of hydrogen-bond acceptors (Lipinski definition) is 4. The van der Waals surface area contributed by atoms with E-state index in [0.717, 1.165) is 23.4 Å². The van der Waals surface area contributed by atoms with Crippen LogP contribution in [0.25, 0.3) is 10.6 Å². The molecule has 1 aromatic carbocycles. The molecule has 0 bridgehead atoms. The van der Waals surface area contributed by atoms with E-state index >= 15 is 0 Å². The van der Waals surface area contributed by atoms with E-state index in [0.29, 0.717) is 18.8 Å². The molecule has 2 aromatic rings. The second-order valence-corrected chi connectivity index (χ2v) is 6.75. The Balaban J connectivity index is 1.75. The number of hydrogen-bond donors (Lipinski definition) is 1. The van der Waals surface area contributed by atoms with Crippen molar-refractivity contribution >= 4 is 23.2 Å². The smallest absolute Gasteiger partial charge is 0.273 e. The number of amides is 2. The third kappa shape index (κ3) is 3.42. The van der Waals surface area contributed by atoms with Crippen molar-refractivity contribution < 1.29 is 9.59 Å². The summed E-state index contributed by atoms with van der Waals surface area (Å²) in [4.78, 5) is 30.1. The zero-order valence-corrected chi connectivity index (χ0v) is 13.8. The van der Waals surface area contributed by atoms with Crippen LogP contribution >= 0.6 is 11.3 Å². The van der Waals surface area contributed by atoms with Gasteiger partial charge in [-0.15, -0.1) is 11.3 Å². The van der Waals surface area contributed by atoms with E-state index in [1.54, 1.807) is 10.3 Å². The van der Waals surface area contributed by atoms with Crippen LogP contribution < -0.4 is 5.73 Å². The molecule has 1 aliphatic rings. The number of benzene rings is 1. The van der Waals surface area contributed by atoms with E-state index in [9.17, 15) is 9.59 Å². The molecule has 1 unspecified atom stereocenters. The Bertz CT molecular complexity index is 724. The first-order chi connectivity index (χ1) is 11.0. The Morgan fingerprint density at radius 1 is 1.30 bits per heavy atom. The van der Waals surface area contributed by atoms with Crippen molar-refractivity contribution in [3.8, 4) is 10.6 Å². The zero-order chi connectivity index (χ0) is 16.4. The number of rotatable bonds is 3. The molecule has 0 spiro atoms. The van der Waals surface area contributed by atoms with Gasteiger partial charge in [-0.05, 0) is 19.8 Å². The van der Waals surface area contributed by atoms with Gasteiger partial charge >= 0.3 is 0 Å². The van der Waals surface area contributed by atoms with Gasteiger partial charge in [-0.25, -0.2) is 4.98 Å². The lowest BCUT2D eigenvalue weighted by Crippen LogP contribution is -2.44. The molecule has 0 radical (unpaired) electrons. The predicted octanol–water partition coefficient (Wildman–Crippen LogP) is 2.46. The molecule has 1 aromatic heterocycles. The van der Waals surface area contributed by atoms with E-state index in [-0.39, 0.29) is 17.7 Å². The van der Waals surface area contributed by atoms with Gasteiger partial charge in [-0.2, -0.15) is 0 Å². The number of aromatic nitrogens is 1. The van der Waals surface area contributed by atoms with Gasteiger partial charge in [-0.1, -0.05) is 29.8 Å². The third-order valence-electron chi connectivity index (χ3n) is 4.13. The monoisotopic (exact) mass is 329 g/mol. The van der Waals surface area contributed by atoms with Crippen molar-refractivity contribution in [2.45, 2.75) is 19.8 Å². The molecule has 1 saturated heterocycles. The van der Waals surface area contributed by atoms with Gasteiger partial charge < -0.3 is 10.6 Å². The minimum absolute atomic E-state index is 0.120. The van der Waals surface area contributed by atoms with Crippen LogP contribution in [-0.2, 0) is 4.79 Å². The third-order valence-corrected chi connectivity index (χ3v) is 5.02. The second kappa shape index (κ2) is 6.50. The van der Waals surface area contributed by atoms with Crippen molar-refractivity contribution in [3.05, 3.63) is 40.9 Å². The Morgan fingerprint density at radius 2 is 2.04 bits per heavy atom. The lowest BCUT2D eigenvalue weighted by Gasteiger charge is -2.30. The van der Waals surface area contributed by atoms with Gasteiger partial charge in [0.1, 0.15) is 10.7 Å². The second-order valence-electron chi connectivity index (χ2n) is 5.90. The fraction of sp³-hybridized carbons (Fsp3) is 0.353. The van der Waals surface area contributed by atoms with Crippen LogP contribution in [0.4, 0.5) is 0 Å². The molecule has 1 atom stereocenters. The van der Waals surface area contributed by atoms with Crippen LogP contribution in [0.15, 0.2) is 29.6 Å². The van der Waals surface area contributed by atoms with E-state index < -0.39 is 0 Å². The van der Waals surface area contributed by atoms with Gasteiger partial charge in [0.05, 0.1) is 5.92 Å². The highest BCUT2D eigenvalue weighted by Gasteiger charge is 2.28. The number of piperidine rings is 1. The summed E-state index contributed by atoms with van der Waals surface area (Å²) in [6.45, 7) is 3.08. The SMILES string of the molecule is Cc1ccc(-c2nc(C(=O)N3CCCC(C(N)=O)C3)cs2)cc1. The molecule has 5 nitrogen and oxygen atoms in total. The summed E-state index contributed by atoms with van der Waals surface area (Å²) in [5.74, 6) is -0.699. The number of likely N-dealkylation sites (tertiary alicyclic amines) is 1. The van der Waals surface area contributed by atoms with Crippen LogP contribution in [-0.4, -0.2) is 34.8 Å². The average Bonchev–Trinajstić information content (AvgIpc) is 3.05. The van der Waals surface area contributed by atoms with Gasteiger partial charge in [0.2, 0.25) is 5.91 Å². The number of aryl methyl sites for hydroxylation is 1. The van der Waals surface area contributed by atoms with Crippen molar-refractivity contribution in [1.82, 2.24) is 9.88 Å².